The van der Waals surface area contributed by atoms with Crippen LogP contribution in [0, 0.1) is 0 Å². The number of hydrogen-bond acceptors (Lipinski definition) is 4. The quantitative estimate of drug-likeness (QED) is 0.841. The molecule has 0 aliphatic heterocycles. The molecule has 0 saturated carbocycles. The van der Waals surface area contributed by atoms with Crippen LogP contribution in [0.15, 0.2) is 24.4 Å². The van der Waals surface area contributed by atoms with Crippen LogP contribution < -0.4 is 15.2 Å². The van der Waals surface area contributed by atoms with E-state index in [1.807, 2.05) is 18.2 Å². The van der Waals surface area contributed by atoms with E-state index in [0.29, 0.717) is 6.54 Å². The number of nitrogens with one attached hydrogen (secondary N) is 1. The molecule has 0 amide bonds. The maximum Gasteiger partial charge on any atom is 0.128 e. The lowest BCUT2D eigenvalue weighted by molar-refractivity contribution is 0.404. The Bertz CT molecular complexity index is 523. The number of imidazole rings is 1. The molecule has 0 atom stereocenters. The standard InChI is InChI=1S/C13H17N3O2/c1-17-9-3-4-12(18-2)10(7-9)11-8-15-13(16-11)5-6-14/h3-4,7-8H,5-6,14H2,1-2H3,(H,15,16). The summed E-state index contributed by atoms with van der Waals surface area (Å²) in [6.07, 6.45) is 2.51. The number of hydrogen-bond donors (Lipinski definition) is 2. The molecule has 0 aliphatic rings. The summed E-state index contributed by atoms with van der Waals surface area (Å²) in [6.45, 7) is 0.572. The fourth-order valence-electron chi connectivity index (χ4n) is 1.79. The average Bonchev–Trinajstić information content (AvgIpc) is 2.87. The summed E-state index contributed by atoms with van der Waals surface area (Å²) in [7, 11) is 3.28. The second-order valence-electron chi connectivity index (χ2n) is 3.85. The highest BCUT2D eigenvalue weighted by atomic mass is 16.5. The summed E-state index contributed by atoms with van der Waals surface area (Å²) >= 11 is 0. The summed E-state index contributed by atoms with van der Waals surface area (Å²) in [5, 5.41) is 0. The van der Waals surface area contributed by atoms with E-state index in [0.717, 1.165) is 35.0 Å². The summed E-state index contributed by atoms with van der Waals surface area (Å²) in [4.78, 5) is 7.51. The molecule has 3 N–H and O–H groups in total. The van der Waals surface area contributed by atoms with Crippen LogP contribution in [0.4, 0.5) is 0 Å². The molecule has 2 aromatic rings. The Labute approximate surface area is 106 Å². The molecule has 1 aromatic heterocycles. The van der Waals surface area contributed by atoms with Crippen LogP contribution in [-0.2, 0) is 6.42 Å². The molecule has 0 fully saturated rings. The molecule has 0 spiro atoms. The zero-order valence-electron chi connectivity index (χ0n) is 10.6. The van der Waals surface area contributed by atoms with Crippen molar-refractivity contribution in [3.63, 3.8) is 0 Å². The lowest BCUT2D eigenvalue weighted by atomic mass is 10.1. The Hall–Kier alpha value is -2.01. The highest BCUT2D eigenvalue weighted by Crippen LogP contribution is 2.32. The largest absolute Gasteiger partial charge is 0.497 e. The fourth-order valence-corrected chi connectivity index (χ4v) is 1.79. The van der Waals surface area contributed by atoms with Crippen molar-refractivity contribution in [2.24, 2.45) is 5.73 Å². The maximum atomic E-state index is 5.51. The summed E-state index contributed by atoms with van der Waals surface area (Å²) in [5.74, 6) is 2.43. The molecule has 0 unspecified atom stereocenters. The lowest BCUT2D eigenvalue weighted by Gasteiger charge is -2.08. The number of aromatic amines is 1. The second-order valence-corrected chi connectivity index (χ2v) is 3.85. The van der Waals surface area contributed by atoms with E-state index in [2.05, 4.69) is 9.97 Å². The van der Waals surface area contributed by atoms with E-state index < -0.39 is 0 Å². The Morgan fingerprint density at radius 2 is 2.11 bits per heavy atom. The van der Waals surface area contributed by atoms with Gasteiger partial charge in [-0.1, -0.05) is 0 Å². The lowest BCUT2D eigenvalue weighted by Crippen LogP contribution is -2.03. The Morgan fingerprint density at radius 1 is 1.28 bits per heavy atom. The van der Waals surface area contributed by atoms with E-state index >= 15 is 0 Å². The topological polar surface area (TPSA) is 73.2 Å². The third-order valence-electron chi connectivity index (χ3n) is 2.71. The van der Waals surface area contributed by atoms with Crippen LogP contribution in [-0.4, -0.2) is 30.7 Å². The number of nitrogens with zero attached hydrogens (tertiary/aromatic N) is 1. The smallest absolute Gasteiger partial charge is 0.128 e. The van der Waals surface area contributed by atoms with Crippen molar-refractivity contribution in [2.75, 3.05) is 20.8 Å². The van der Waals surface area contributed by atoms with Gasteiger partial charge in [0, 0.05) is 12.0 Å². The first kappa shape index (κ1) is 12.4. The molecule has 96 valence electrons. The Balaban J connectivity index is 2.40. The van der Waals surface area contributed by atoms with Crippen molar-refractivity contribution in [1.29, 1.82) is 0 Å². The van der Waals surface area contributed by atoms with Crippen LogP contribution in [0.5, 0.6) is 11.5 Å². The van der Waals surface area contributed by atoms with Gasteiger partial charge in [0.1, 0.15) is 17.3 Å². The van der Waals surface area contributed by atoms with Crippen molar-refractivity contribution in [3.05, 3.63) is 30.2 Å². The van der Waals surface area contributed by atoms with Gasteiger partial charge in [-0.05, 0) is 24.7 Å². The van der Waals surface area contributed by atoms with Crippen LogP contribution in [0.25, 0.3) is 11.3 Å². The van der Waals surface area contributed by atoms with Crippen molar-refractivity contribution < 1.29 is 9.47 Å². The first-order chi connectivity index (χ1) is 8.78. The number of methoxy groups -OCH3 is 2. The van der Waals surface area contributed by atoms with Gasteiger partial charge in [0.15, 0.2) is 0 Å². The molecule has 5 nitrogen and oxygen atoms in total. The van der Waals surface area contributed by atoms with Gasteiger partial charge < -0.3 is 20.2 Å². The van der Waals surface area contributed by atoms with Gasteiger partial charge in [-0.25, -0.2) is 4.98 Å². The zero-order chi connectivity index (χ0) is 13.0. The predicted molar refractivity (Wildman–Crippen MR) is 69.9 cm³/mol. The number of ether oxygens (including phenoxy) is 2. The first-order valence-electron chi connectivity index (χ1n) is 5.75. The van der Waals surface area contributed by atoms with Crippen LogP contribution >= 0.6 is 0 Å². The van der Waals surface area contributed by atoms with Gasteiger partial charge in [-0.3, -0.25) is 0 Å². The molecular formula is C13H17N3O2. The minimum atomic E-state index is 0.572. The van der Waals surface area contributed by atoms with Gasteiger partial charge in [-0.2, -0.15) is 0 Å². The van der Waals surface area contributed by atoms with E-state index in [1.165, 1.54) is 0 Å². The highest BCUT2D eigenvalue weighted by molar-refractivity contribution is 5.68. The maximum absolute atomic E-state index is 5.51. The third-order valence-corrected chi connectivity index (χ3v) is 2.71. The normalized spacial score (nSPS) is 10.4. The number of nitrogens with two attached hydrogens (primary N) is 1. The van der Waals surface area contributed by atoms with Gasteiger partial charge in [0.2, 0.25) is 0 Å². The van der Waals surface area contributed by atoms with Gasteiger partial charge in [-0.15, -0.1) is 0 Å². The highest BCUT2D eigenvalue weighted by Gasteiger charge is 2.10. The van der Waals surface area contributed by atoms with Gasteiger partial charge in [0.25, 0.3) is 0 Å². The number of H-pyrrole nitrogens is 1. The molecule has 0 radical (unpaired) electrons. The molecular weight excluding hydrogens is 230 g/mol. The number of rotatable bonds is 5. The summed E-state index contributed by atoms with van der Waals surface area (Å²) < 4.78 is 10.6. The van der Waals surface area contributed by atoms with Crippen molar-refractivity contribution >= 4 is 0 Å². The van der Waals surface area contributed by atoms with Crippen LogP contribution in [0.2, 0.25) is 0 Å². The molecule has 1 aromatic carbocycles. The molecule has 0 saturated heterocycles. The van der Waals surface area contributed by atoms with E-state index in [4.69, 9.17) is 15.2 Å². The Kier molecular flexibility index (Phi) is 3.84. The minimum Gasteiger partial charge on any atom is -0.497 e. The predicted octanol–water partition coefficient (Wildman–Crippen LogP) is 1.60. The molecule has 1 heterocycles. The first-order valence-corrected chi connectivity index (χ1v) is 5.75. The van der Waals surface area contributed by atoms with Crippen molar-refractivity contribution in [3.8, 4) is 22.8 Å². The van der Waals surface area contributed by atoms with E-state index in [-0.39, 0.29) is 0 Å². The molecule has 0 aliphatic carbocycles. The second kappa shape index (κ2) is 5.55. The number of benzene rings is 1. The summed E-state index contributed by atoms with van der Waals surface area (Å²) in [6, 6.07) is 5.65. The SMILES string of the molecule is COc1ccc(OC)c(-c2cnc(CCN)[nH]2)c1. The van der Waals surface area contributed by atoms with E-state index in [9.17, 15) is 0 Å². The molecule has 18 heavy (non-hydrogen) atoms. The van der Waals surface area contributed by atoms with Gasteiger partial charge in [0.05, 0.1) is 26.1 Å². The summed E-state index contributed by atoms with van der Waals surface area (Å²) in [5.41, 5.74) is 7.33. The molecule has 2 rings (SSSR count). The van der Waals surface area contributed by atoms with E-state index in [1.54, 1.807) is 20.4 Å². The zero-order valence-corrected chi connectivity index (χ0v) is 10.6. The fraction of sp³-hybridized carbons (Fsp3) is 0.308. The molecule has 5 heteroatoms. The monoisotopic (exact) mass is 247 g/mol. The average molecular weight is 247 g/mol. The van der Waals surface area contributed by atoms with Crippen molar-refractivity contribution in [2.45, 2.75) is 6.42 Å². The third kappa shape index (κ3) is 2.46. The van der Waals surface area contributed by atoms with Crippen LogP contribution in [0.3, 0.4) is 0 Å². The van der Waals surface area contributed by atoms with Gasteiger partial charge >= 0.3 is 0 Å². The Morgan fingerprint density at radius 3 is 2.78 bits per heavy atom. The van der Waals surface area contributed by atoms with Crippen molar-refractivity contribution in [1.82, 2.24) is 9.97 Å². The van der Waals surface area contributed by atoms with Crippen LogP contribution in [0.1, 0.15) is 5.82 Å². The molecule has 0 bridgehead atoms. The number of aromatic nitrogens is 2. The minimum absolute atomic E-state index is 0.572.